The summed E-state index contributed by atoms with van der Waals surface area (Å²) in [6, 6.07) is 7.94. The van der Waals surface area contributed by atoms with Gasteiger partial charge in [0.05, 0.1) is 0 Å². The monoisotopic (exact) mass is 349 g/mol. The van der Waals surface area contributed by atoms with E-state index in [1.807, 2.05) is 29.6 Å². The topological polar surface area (TPSA) is 85.1 Å². The van der Waals surface area contributed by atoms with E-state index >= 15 is 0 Å². The molecule has 0 radical (unpaired) electrons. The first-order valence-electron chi connectivity index (χ1n) is 7.36. The number of rotatable bonds is 6. The van der Waals surface area contributed by atoms with Crippen LogP contribution in [0.4, 0.5) is 0 Å². The van der Waals surface area contributed by atoms with Crippen LogP contribution in [-0.2, 0) is 22.3 Å². The molecule has 0 aliphatic heterocycles. The lowest BCUT2D eigenvalue weighted by Gasteiger charge is -2.04. The van der Waals surface area contributed by atoms with Gasteiger partial charge in [0.1, 0.15) is 5.75 Å². The fraction of sp³-hybridized carbons (Fsp3) is 0.333. The van der Waals surface area contributed by atoms with Crippen LogP contribution >= 0.6 is 11.3 Å². The van der Waals surface area contributed by atoms with Gasteiger partial charge in [0, 0.05) is 17.2 Å². The summed E-state index contributed by atoms with van der Waals surface area (Å²) in [7, 11) is -3.50. The van der Waals surface area contributed by atoms with Crippen molar-refractivity contribution in [2.24, 2.45) is 0 Å². The highest BCUT2D eigenvalue weighted by atomic mass is 32.2. The number of benzene rings is 1. The highest BCUT2D eigenvalue weighted by molar-refractivity contribution is 7.88. The highest BCUT2D eigenvalue weighted by Gasteiger charge is 2.30. The maximum atomic E-state index is 12.2. The lowest BCUT2D eigenvalue weighted by atomic mass is 10.2. The van der Waals surface area contributed by atoms with Crippen molar-refractivity contribution in [1.82, 2.24) is 14.9 Å². The van der Waals surface area contributed by atoms with Crippen LogP contribution in [0.3, 0.4) is 0 Å². The van der Waals surface area contributed by atoms with E-state index in [4.69, 9.17) is 4.52 Å². The molecule has 0 atom stereocenters. The third-order valence-electron chi connectivity index (χ3n) is 3.77. The second-order valence-electron chi connectivity index (χ2n) is 5.66. The lowest BCUT2D eigenvalue weighted by molar-refractivity contribution is 0.375. The van der Waals surface area contributed by atoms with Crippen LogP contribution in [0.5, 0.6) is 0 Å². The van der Waals surface area contributed by atoms with Gasteiger partial charge in [-0.25, -0.2) is 13.1 Å². The Morgan fingerprint density at radius 2 is 2.13 bits per heavy atom. The van der Waals surface area contributed by atoms with Crippen LogP contribution < -0.4 is 4.72 Å². The molecule has 6 nitrogen and oxygen atoms in total. The second-order valence-corrected chi connectivity index (χ2v) is 8.38. The zero-order valence-electron chi connectivity index (χ0n) is 12.2. The molecule has 2 heterocycles. The van der Waals surface area contributed by atoms with Crippen molar-refractivity contribution >= 4 is 31.4 Å². The number of thiophene rings is 1. The zero-order valence-corrected chi connectivity index (χ0v) is 13.9. The quantitative estimate of drug-likeness (QED) is 0.739. The van der Waals surface area contributed by atoms with E-state index in [-0.39, 0.29) is 18.1 Å². The van der Waals surface area contributed by atoms with E-state index in [0.717, 1.165) is 28.5 Å². The Kier molecular flexibility index (Phi) is 3.67. The average Bonchev–Trinajstić information content (AvgIpc) is 3.14. The molecular weight excluding hydrogens is 334 g/mol. The molecule has 1 aromatic carbocycles. The van der Waals surface area contributed by atoms with E-state index in [1.165, 1.54) is 0 Å². The number of sulfonamides is 1. The highest BCUT2D eigenvalue weighted by Crippen LogP contribution is 2.38. The fourth-order valence-electron chi connectivity index (χ4n) is 2.40. The molecule has 0 spiro atoms. The molecule has 1 aliphatic carbocycles. The van der Waals surface area contributed by atoms with Gasteiger partial charge in [0.2, 0.25) is 15.9 Å². The number of nitrogens with zero attached hydrogens (tertiary/aromatic N) is 2. The summed E-state index contributed by atoms with van der Waals surface area (Å²) in [5.74, 6) is 0.836. The number of aromatic nitrogens is 2. The summed E-state index contributed by atoms with van der Waals surface area (Å²) in [6.07, 6.45) is 2.08. The Labute approximate surface area is 137 Å². The van der Waals surface area contributed by atoms with Crippen LogP contribution in [0.1, 0.15) is 36.0 Å². The minimum Gasteiger partial charge on any atom is -0.339 e. The average molecular weight is 349 g/mol. The SMILES string of the molecule is O=S(=O)(Cc1noc(C2CC2)n1)NCc1csc2ccccc12. The maximum Gasteiger partial charge on any atom is 0.229 e. The van der Waals surface area contributed by atoms with Gasteiger partial charge < -0.3 is 4.52 Å². The third-order valence-corrected chi connectivity index (χ3v) is 6.01. The summed E-state index contributed by atoms with van der Waals surface area (Å²) < 4.78 is 33.2. The van der Waals surface area contributed by atoms with Gasteiger partial charge in [-0.3, -0.25) is 0 Å². The maximum absolute atomic E-state index is 12.2. The van der Waals surface area contributed by atoms with Crippen molar-refractivity contribution in [3.63, 3.8) is 0 Å². The van der Waals surface area contributed by atoms with Crippen LogP contribution in [0.2, 0.25) is 0 Å². The Bertz CT molecular complexity index is 942. The molecule has 2 aromatic heterocycles. The molecule has 120 valence electrons. The van der Waals surface area contributed by atoms with Gasteiger partial charge in [0.15, 0.2) is 5.82 Å². The smallest absolute Gasteiger partial charge is 0.229 e. The van der Waals surface area contributed by atoms with Crippen LogP contribution in [-0.4, -0.2) is 18.6 Å². The van der Waals surface area contributed by atoms with Gasteiger partial charge in [-0.1, -0.05) is 23.4 Å². The summed E-state index contributed by atoms with van der Waals surface area (Å²) in [4.78, 5) is 4.16. The Morgan fingerprint density at radius 1 is 1.30 bits per heavy atom. The second kappa shape index (κ2) is 5.70. The van der Waals surface area contributed by atoms with Crippen molar-refractivity contribution in [1.29, 1.82) is 0 Å². The molecule has 0 saturated heterocycles. The van der Waals surface area contributed by atoms with Crippen LogP contribution in [0.25, 0.3) is 10.1 Å². The number of hydrogen-bond donors (Lipinski definition) is 1. The number of hydrogen-bond acceptors (Lipinski definition) is 6. The van der Waals surface area contributed by atoms with E-state index in [9.17, 15) is 8.42 Å². The zero-order chi connectivity index (χ0) is 15.9. The standard InChI is InChI=1S/C15H15N3O3S2/c19-23(20,9-14-17-15(21-18-14)10-5-6-10)16-7-11-8-22-13-4-2-1-3-12(11)13/h1-4,8,10,16H,5-7,9H2. The molecular formula is C15H15N3O3S2. The van der Waals surface area contributed by atoms with Crippen molar-refractivity contribution in [3.8, 4) is 0 Å². The van der Waals surface area contributed by atoms with Gasteiger partial charge >= 0.3 is 0 Å². The van der Waals surface area contributed by atoms with Crippen LogP contribution in [0, 0.1) is 0 Å². The predicted octanol–water partition coefficient (Wildman–Crippen LogP) is 2.78. The minimum atomic E-state index is -3.50. The lowest BCUT2D eigenvalue weighted by Crippen LogP contribution is -2.25. The van der Waals surface area contributed by atoms with Gasteiger partial charge in [-0.15, -0.1) is 11.3 Å². The van der Waals surface area contributed by atoms with E-state index in [2.05, 4.69) is 14.9 Å². The molecule has 0 bridgehead atoms. The Hall–Kier alpha value is -1.77. The Balaban J connectivity index is 1.44. The third kappa shape index (κ3) is 3.29. The molecule has 0 amide bonds. The first kappa shape index (κ1) is 14.8. The first-order chi connectivity index (χ1) is 11.1. The molecule has 1 fully saturated rings. The van der Waals surface area contributed by atoms with Crippen molar-refractivity contribution < 1.29 is 12.9 Å². The molecule has 1 N–H and O–H groups in total. The van der Waals surface area contributed by atoms with Crippen LogP contribution in [0.15, 0.2) is 34.2 Å². The van der Waals surface area contributed by atoms with Crippen molar-refractivity contribution in [3.05, 3.63) is 46.9 Å². The first-order valence-corrected chi connectivity index (χ1v) is 9.89. The molecule has 1 aliphatic rings. The molecule has 1 saturated carbocycles. The van der Waals surface area contributed by atoms with E-state index in [0.29, 0.717) is 11.8 Å². The largest absolute Gasteiger partial charge is 0.339 e. The summed E-state index contributed by atoms with van der Waals surface area (Å²) in [5.41, 5.74) is 0.973. The van der Waals surface area contributed by atoms with Gasteiger partial charge in [-0.05, 0) is 35.2 Å². The predicted molar refractivity (Wildman–Crippen MR) is 87.6 cm³/mol. The number of nitrogens with one attached hydrogen (secondary N) is 1. The number of fused-ring (bicyclic) bond motifs is 1. The summed E-state index contributed by atoms with van der Waals surface area (Å²) in [5, 5.41) is 6.81. The van der Waals surface area contributed by atoms with Gasteiger partial charge in [-0.2, -0.15) is 4.98 Å². The normalized spacial score (nSPS) is 15.3. The summed E-state index contributed by atoms with van der Waals surface area (Å²) in [6.45, 7) is 0.264. The fourth-order valence-corrected chi connectivity index (χ4v) is 4.30. The summed E-state index contributed by atoms with van der Waals surface area (Å²) >= 11 is 1.61. The molecule has 0 unspecified atom stereocenters. The molecule has 3 aromatic rings. The van der Waals surface area contributed by atoms with Crippen molar-refractivity contribution in [2.75, 3.05) is 0 Å². The van der Waals surface area contributed by atoms with Crippen molar-refractivity contribution in [2.45, 2.75) is 31.1 Å². The minimum absolute atomic E-state index is 0.217. The molecule has 4 rings (SSSR count). The Morgan fingerprint density at radius 3 is 2.96 bits per heavy atom. The van der Waals surface area contributed by atoms with E-state index in [1.54, 1.807) is 11.3 Å². The van der Waals surface area contributed by atoms with Gasteiger partial charge in [0.25, 0.3) is 0 Å². The molecule has 23 heavy (non-hydrogen) atoms. The van der Waals surface area contributed by atoms with E-state index < -0.39 is 10.0 Å². The molecule has 8 heteroatoms.